The largest absolute Gasteiger partial charge is 0.384 e. The molecule has 1 aliphatic heterocycles. The van der Waals surface area contributed by atoms with Crippen molar-refractivity contribution >= 4 is 15.9 Å². The minimum absolute atomic E-state index is 0.411. The zero-order valence-electron chi connectivity index (χ0n) is 10.9. The number of halogens is 1. The van der Waals surface area contributed by atoms with Crippen molar-refractivity contribution in [2.24, 2.45) is 5.92 Å². The van der Waals surface area contributed by atoms with E-state index in [9.17, 15) is 0 Å². The molecule has 0 N–H and O–H groups in total. The van der Waals surface area contributed by atoms with Crippen LogP contribution in [0.3, 0.4) is 0 Å². The van der Waals surface area contributed by atoms with Crippen LogP contribution in [0.15, 0.2) is 24.3 Å². The fourth-order valence-electron chi connectivity index (χ4n) is 2.36. The molecule has 2 unspecified atom stereocenters. The van der Waals surface area contributed by atoms with Gasteiger partial charge in [-0.25, -0.2) is 0 Å². The molecule has 1 saturated heterocycles. The molecule has 3 heteroatoms. The summed E-state index contributed by atoms with van der Waals surface area (Å²) in [4.78, 5) is 0.411. The highest BCUT2D eigenvalue weighted by Gasteiger charge is 2.23. The van der Waals surface area contributed by atoms with Gasteiger partial charge in [0.05, 0.1) is 13.2 Å². The van der Waals surface area contributed by atoms with Gasteiger partial charge in [0, 0.05) is 18.5 Å². The fourth-order valence-corrected chi connectivity index (χ4v) is 3.08. The first kappa shape index (κ1) is 14.0. The van der Waals surface area contributed by atoms with Crippen LogP contribution in [0, 0.1) is 5.92 Å². The predicted octanol–water partition coefficient (Wildman–Crippen LogP) is 3.74. The highest BCUT2D eigenvalue weighted by atomic mass is 79.9. The fraction of sp³-hybridized carbons (Fsp3) is 0.600. The van der Waals surface area contributed by atoms with Crippen LogP contribution in [0.25, 0.3) is 0 Å². The summed E-state index contributed by atoms with van der Waals surface area (Å²) in [5.74, 6) is 0.601. The number of rotatable bonds is 5. The molecular weight excluding hydrogens is 292 g/mol. The maximum absolute atomic E-state index is 5.56. The molecule has 1 aromatic rings. The van der Waals surface area contributed by atoms with Crippen LogP contribution in [0.5, 0.6) is 0 Å². The van der Waals surface area contributed by atoms with Crippen molar-refractivity contribution in [3.63, 3.8) is 0 Å². The molecule has 0 saturated carbocycles. The Morgan fingerprint density at radius 2 is 2.17 bits per heavy atom. The summed E-state index contributed by atoms with van der Waals surface area (Å²) in [7, 11) is 1.74. The van der Waals surface area contributed by atoms with Gasteiger partial charge in [0.2, 0.25) is 0 Å². The second-order valence-electron chi connectivity index (χ2n) is 4.86. The van der Waals surface area contributed by atoms with E-state index in [1.165, 1.54) is 24.0 Å². The smallest absolute Gasteiger partial charge is 0.0508 e. The summed E-state index contributed by atoms with van der Waals surface area (Å²) in [6.07, 6.45) is 3.41. The molecule has 2 atom stereocenters. The van der Waals surface area contributed by atoms with E-state index >= 15 is 0 Å². The van der Waals surface area contributed by atoms with Crippen molar-refractivity contribution in [1.29, 1.82) is 0 Å². The Hall–Kier alpha value is -0.380. The van der Waals surface area contributed by atoms with Gasteiger partial charge in [-0.1, -0.05) is 40.2 Å². The highest BCUT2D eigenvalue weighted by molar-refractivity contribution is 9.09. The van der Waals surface area contributed by atoms with E-state index in [0.29, 0.717) is 10.7 Å². The lowest BCUT2D eigenvalue weighted by molar-refractivity contribution is 0.0546. The summed E-state index contributed by atoms with van der Waals surface area (Å²) in [5, 5.41) is 0. The molecular formula is C15H21BrO2. The van der Waals surface area contributed by atoms with Gasteiger partial charge in [-0.2, -0.15) is 0 Å². The Kier molecular flexibility index (Phi) is 5.67. The third-order valence-corrected chi connectivity index (χ3v) is 4.78. The molecule has 0 bridgehead atoms. The molecule has 2 rings (SSSR count). The molecule has 1 fully saturated rings. The van der Waals surface area contributed by atoms with Gasteiger partial charge >= 0.3 is 0 Å². The number of hydrogen-bond donors (Lipinski definition) is 0. The molecule has 100 valence electrons. The maximum atomic E-state index is 5.56. The van der Waals surface area contributed by atoms with E-state index in [-0.39, 0.29) is 0 Å². The third-order valence-electron chi connectivity index (χ3n) is 3.50. The quantitative estimate of drug-likeness (QED) is 0.771. The van der Waals surface area contributed by atoms with Crippen LogP contribution in [0.2, 0.25) is 0 Å². The lowest BCUT2D eigenvalue weighted by Gasteiger charge is -2.26. The van der Waals surface area contributed by atoms with Crippen molar-refractivity contribution in [3.05, 3.63) is 35.4 Å². The molecule has 0 aliphatic carbocycles. The number of hydrogen-bond acceptors (Lipinski definition) is 2. The normalized spacial score (nSPS) is 21.8. The lowest BCUT2D eigenvalue weighted by Crippen LogP contribution is -2.20. The number of benzene rings is 1. The van der Waals surface area contributed by atoms with Gasteiger partial charge in [0.25, 0.3) is 0 Å². The van der Waals surface area contributed by atoms with Crippen molar-refractivity contribution in [1.82, 2.24) is 0 Å². The first-order chi connectivity index (χ1) is 8.81. The predicted molar refractivity (Wildman–Crippen MR) is 77.2 cm³/mol. The van der Waals surface area contributed by atoms with Crippen molar-refractivity contribution < 1.29 is 9.47 Å². The van der Waals surface area contributed by atoms with Gasteiger partial charge in [-0.3, -0.25) is 0 Å². The van der Waals surface area contributed by atoms with E-state index in [0.717, 1.165) is 26.2 Å². The van der Waals surface area contributed by atoms with E-state index < -0.39 is 0 Å². The van der Waals surface area contributed by atoms with Crippen molar-refractivity contribution in [3.8, 4) is 0 Å². The van der Waals surface area contributed by atoms with Crippen LogP contribution >= 0.6 is 15.9 Å². The zero-order valence-corrected chi connectivity index (χ0v) is 12.5. The monoisotopic (exact) mass is 312 g/mol. The molecule has 0 radical (unpaired) electrons. The molecule has 1 aromatic carbocycles. The van der Waals surface area contributed by atoms with Gasteiger partial charge in [0.1, 0.15) is 0 Å². The van der Waals surface area contributed by atoms with Gasteiger partial charge in [-0.05, 0) is 36.3 Å². The molecule has 0 aromatic heterocycles. The number of methoxy groups -OCH3 is 1. The minimum Gasteiger partial charge on any atom is -0.384 e. The Morgan fingerprint density at radius 1 is 1.39 bits per heavy atom. The SMILES string of the molecule is COCCc1ccc(C(Br)C2CCCOC2)cc1. The van der Waals surface area contributed by atoms with Crippen LogP contribution < -0.4 is 0 Å². The minimum atomic E-state index is 0.411. The summed E-state index contributed by atoms with van der Waals surface area (Å²) in [6, 6.07) is 8.84. The maximum Gasteiger partial charge on any atom is 0.0508 e. The van der Waals surface area contributed by atoms with E-state index in [4.69, 9.17) is 9.47 Å². The second-order valence-corrected chi connectivity index (χ2v) is 5.85. The van der Waals surface area contributed by atoms with Crippen LogP contribution in [-0.4, -0.2) is 26.9 Å². The van der Waals surface area contributed by atoms with Gasteiger partial charge in [-0.15, -0.1) is 0 Å². The average Bonchev–Trinajstić information content (AvgIpc) is 2.46. The molecule has 0 amide bonds. The van der Waals surface area contributed by atoms with E-state index in [1.54, 1.807) is 7.11 Å². The lowest BCUT2D eigenvalue weighted by atomic mass is 9.93. The Balaban J connectivity index is 1.95. The third kappa shape index (κ3) is 3.81. The van der Waals surface area contributed by atoms with Crippen LogP contribution in [0.1, 0.15) is 28.8 Å². The molecule has 2 nitrogen and oxygen atoms in total. The topological polar surface area (TPSA) is 18.5 Å². The molecule has 1 aliphatic rings. The average molecular weight is 313 g/mol. The summed E-state index contributed by atoms with van der Waals surface area (Å²) < 4.78 is 10.6. The first-order valence-electron chi connectivity index (χ1n) is 6.61. The summed E-state index contributed by atoms with van der Waals surface area (Å²) in [6.45, 7) is 2.58. The van der Waals surface area contributed by atoms with E-state index in [2.05, 4.69) is 40.2 Å². The van der Waals surface area contributed by atoms with Gasteiger partial charge < -0.3 is 9.47 Å². The first-order valence-corrected chi connectivity index (χ1v) is 7.52. The molecule has 0 spiro atoms. The molecule has 18 heavy (non-hydrogen) atoms. The Morgan fingerprint density at radius 3 is 2.78 bits per heavy atom. The number of ether oxygens (including phenoxy) is 2. The second kappa shape index (κ2) is 7.27. The summed E-state index contributed by atoms with van der Waals surface area (Å²) in [5.41, 5.74) is 2.69. The van der Waals surface area contributed by atoms with Crippen molar-refractivity contribution in [2.75, 3.05) is 26.9 Å². The molecule has 1 heterocycles. The van der Waals surface area contributed by atoms with E-state index in [1.807, 2.05) is 0 Å². The summed E-state index contributed by atoms with van der Waals surface area (Å²) >= 11 is 3.82. The van der Waals surface area contributed by atoms with Crippen LogP contribution in [0.4, 0.5) is 0 Å². The Bertz CT molecular complexity index is 344. The highest BCUT2D eigenvalue weighted by Crippen LogP contribution is 2.35. The van der Waals surface area contributed by atoms with Crippen molar-refractivity contribution in [2.45, 2.75) is 24.1 Å². The number of alkyl halides is 1. The standard InChI is InChI=1S/C15H21BrO2/c1-17-10-8-12-4-6-13(7-5-12)15(16)14-3-2-9-18-11-14/h4-7,14-15H,2-3,8-11H2,1H3. The zero-order chi connectivity index (χ0) is 12.8. The van der Waals surface area contributed by atoms with Gasteiger partial charge in [0.15, 0.2) is 0 Å². The Labute approximate surface area is 118 Å². The van der Waals surface area contributed by atoms with Crippen LogP contribution in [-0.2, 0) is 15.9 Å².